The summed E-state index contributed by atoms with van der Waals surface area (Å²) in [6.45, 7) is 4.40. The van der Waals surface area contributed by atoms with E-state index in [1.807, 2.05) is 28.8 Å². The number of carbonyl (C=O) groups excluding carboxylic acids is 1. The lowest BCUT2D eigenvalue weighted by Gasteiger charge is -2.27. The Kier molecular flexibility index (Phi) is 4.53. The van der Waals surface area contributed by atoms with Gasteiger partial charge in [0.05, 0.1) is 0 Å². The molecule has 2 aliphatic heterocycles. The minimum atomic E-state index is 0.0306. The molecule has 0 radical (unpaired) electrons. The number of carbonyl (C=O) groups is 1. The molecule has 6 heteroatoms. The van der Waals surface area contributed by atoms with Crippen LogP contribution < -0.4 is 5.32 Å². The van der Waals surface area contributed by atoms with Gasteiger partial charge in [0.15, 0.2) is 0 Å². The van der Waals surface area contributed by atoms with Crippen LogP contribution in [0.3, 0.4) is 0 Å². The fourth-order valence-corrected chi connectivity index (χ4v) is 4.77. The van der Waals surface area contributed by atoms with Crippen molar-refractivity contribution in [2.75, 3.05) is 6.54 Å². The predicted molar refractivity (Wildman–Crippen MR) is 101 cm³/mol. The van der Waals surface area contributed by atoms with Crippen LogP contribution in [0, 0.1) is 5.92 Å². The second-order valence-corrected chi connectivity index (χ2v) is 7.56. The molecule has 2 unspecified atom stereocenters. The van der Waals surface area contributed by atoms with Gasteiger partial charge in [0.2, 0.25) is 0 Å². The quantitative estimate of drug-likeness (QED) is 0.824. The number of hydrogen-bond acceptors (Lipinski definition) is 5. The molecule has 1 aromatic rings. The van der Waals surface area contributed by atoms with Gasteiger partial charge in [0, 0.05) is 36.0 Å². The minimum Gasteiger partial charge on any atom is -0.350 e. The SMILES string of the molecule is C=CCN(C(=O)c1csc(C2C=CN=C3NC=CC32)n1)C1CCCC1. The number of nitrogens with one attached hydrogen (secondary N) is 1. The first-order chi connectivity index (χ1) is 12.3. The summed E-state index contributed by atoms with van der Waals surface area (Å²) in [5, 5.41) is 6.03. The number of rotatable bonds is 5. The molecule has 1 N–H and O–H groups in total. The highest BCUT2D eigenvalue weighted by Gasteiger charge is 2.32. The van der Waals surface area contributed by atoms with E-state index in [1.165, 1.54) is 12.8 Å². The maximum atomic E-state index is 13.0. The van der Waals surface area contributed by atoms with Crippen molar-refractivity contribution in [2.45, 2.75) is 37.6 Å². The maximum absolute atomic E-state index is 13.0. The van der Waals surface area contributed by atoms with Crippen LogP contribution in [0.4, 0.5) is 0 Å². The van der Waals surface area contributed by atoms with E-state index in [0.717, 1.165) is 23.7 Å². The molecular weight excluding hydrogens is 332 g/mol. The van der Waals surface area contributed by atoms with Crippen molar-refractivity contribution >= 4 is 23.1 Å². The van der Waals surface area contributed by atoms with E-state index in [4.69, 9.17) is 4.98 Å². The molecule has 1 amide bonds. The molecule has 4 rings (SSSR count). The standard InChI is InChI=1S/C19H22N4OS/c1-2-11-23(13-5-3-4-6-13)19(24)16-12-25-18(22-16)15-8-10-21-17-14(15)7-9-20-17/h2,7-10,12-15H,1,3-6,11H2,(H,20,21). The topological polar surface area (TPSA) is 57.6 Å². The molecule has 0 aromatic carbocycles. The first-order valence-electron chi connectivity index (χ1n) is 8.83. The van der Waals surface area contributed by atoms with Crippen LogP contribution in [-0.2, 0) is 0 Å². The monoisotopic (exact) mass is 354 g/mol. The van der Waals surface area contributed by atoms with Gasteiger partial charge in [-0.15, -0.1) is 17.9 Å². The van der Waals surface area contributed by atoms with Gasteiger partial charge in [-0.3, -0.25) is 4.79 Å². The lowest BCUT2D eigenvalue weighted by atomic mass is 9.91. The minimum absolute atomic E-state index is 0.0306. The molecule has 1 fully saturated rings. The molecule has 25 heavy (non-hydrogen) atoms. The third kappa shape index (κ3) is 3.06. The van der Waals surface area contributed by atoms with Gasteiger partial charge in [-0.05, 0) is 19.0 Å². The van der Waals surface area contributed by atoms with Crippen molar-refractivity contribution in [3.8, 4) is 0 Å². The molecule has 5 nitrogen and oxygen atoms in total. The Morgan fingerprint density at radius 2 is 2.20 bits per heavy atom. The molecule has 3 heterocycles. The van der Waals surface area contributed by atoms with Crippen LogP contribution in [0.1, 0.15) is 47.1 Å². The molecule has 130 valence electrons. The zero-order valence-corrected chi connectivity index (χ0v) is 14.9. The van der Waals surface area contributed by atoms with Gasteiger partial charge in [-0.1, -0.05) is 31.1 Å². The van der Waals surface area contributed by atoms with Gasteiger partial charge in [0.1, 0.15) is 16.5 Å². The van der Waals surface area contributed by atoms with Gasteiger partial charge in [-0.25, -0.2) is 9.98 Å². The van der Waals surface area contributed by atoms with Crippen LogP contribution in [0.15, 0.2) is 47.6 Å². The van der Waals surface area contributed by atoms with Gasteiger partial charge in [-0.2, -0.15) is 0 Å². The lowest BCUT2D eigenvalue weighted by Crippen LogP contribution is -2.39. The van der Waals surface area contributed by atoms with E-state index in [2.05, 4.69) is 29.0 Å². The lowest BCUT2D eigenvalue weighted by molar-refractivity contribution is 0.0701. The van der Waals surface area contributed by atoms with E-state index in [1.54, 1.807) is 11.3 Å². The van der Waals surface area contributed by atoms with Crippen molar-refractivity contribution in [2.24, 2.45) is 10.9 Å². The number of allylic oxidation sites excluding steroid dienone is 1. The molecular formula is C19H22N4OS. The first-order valence-corrected chi connectivity index (χ1v) is 9.71. The second kappa shape index (κ2) is 6.96. The van der Waals surface area contributed by atoms with Crippen LogP contribution in [0.2, 0.25) is 0 Å². The van der Waals surface area contributed by atoms with E-state index >= 15 is 0 Å². The number of aromatic nitrogens is 1. The predicted octanol–water partition coefficient (Wildman–Crippen LogP) is 3.46. The number of thiazole rings is 1. The zero-order chi connectivity index (χ0) is 17.2. The summed E-state index contributed by atoms with van der Waals surface area (Å²) in [6, 6.07) is 0.325. The normalized spacial score (nSPS) is 24.7. The maximum Gasteiger partial charge on any atom is 0.273 e. The first kappa shape index (κ1) is 16.3. The molecule has 2 atom stereocenters. The van der Waals surface area contributed by atoms with E-state index in [-0.39, 0.29) is 17.7 Å². The molecule has 0 spiro atoms. The Hall–Kier alpha value is -2.21. The molecule has 0 bridgehead atoms. The number of amides is 1. The highest BCUT2D eigenvalue weighted by molar-refractivity contribution is 7.10. The third-order valence-corrected chi connectivity index (χ3v) is 6.07. The Balaban J connectivity index is 1.54. The summed E-state index contributed by atoms with van der Waals surface area (Å²) in [5.74, 6) is 1.32. The molecule has 3 aliphatic rings. The summed E-state index contributed by atoms with van der Waals surface area (Å²) >= 11 is 1.56. The summed E-state index contributed by atoms with van der Waals surface area (Å²) in [6.07, 6.45) is 14.3. The van der Waals surface area contributed by atoms with E-state index < -0.39 is 0 Å². The van der Waals surface area contributed by atoms with Crippen molar-refractivity contribution in [3.05, 3.63) is 53.3 Å². The number of hydrogen-bond donors (Lipinski definition) is 1. The summed E-state index contributed by atoms with van der Waals surface area (Å²) < 4.78 is 0. The summed E-state index contributed by atoms with van der Waals surface area (Å²) in [5.41, 5.74) is 0.557. The van der Waals surface area contributed by atoms with Crippen molar-refractivity contribution < 1.29 is 4.79 Å². The average Bonchev–Trinajstić information content (AvgIpc) is 3.39. The number of nitrogens with zero attached hydrogens (tertiary/aromatic N) is 3. The van der Waals surface area contributed by atoms with Gasteiger partial charge >= 0.3 is 0 Å². The number of aliphatic imine (C=N–C) groups is 1. The second-order valence-electron chi connectivity index (χ2n) is 6.67. The zero-order valence-electron chi connectivity index (χ0n) is 14.1. The highest BCUT2D eigenvalue weighted by atomic mass is 32.1. The van der Waals surface area contributed by atoms with Crippen molar-refractivity contribution in [1.82, 2.24) is 15.2 Å². The van der Waals surface area contributed by atoms with Crippen LogP contribution in [0.5, 0.6) is 0 Å². The summed E-state index contributed by atoms with van der Waals surface area (Å²) in [4.78, 5) is 24.0. The molecule has 1 saturated carbocycles. The number of amidine groups is 1. The van der Waals surface area contributed by atoms with Crippen LogP contribution >= 0.6 is 11.3 Å². The Morgan fingerprint density at radius 1 is 1.36 bits per heavy atom. The largest absolute Gasteiger partial charge is 0.350 e. The average molecular weight is 354 g/mol. The molecule has 1 aromatic heterocycles. The third-order valence-electron chi connectivity index (χ3n) is 5.12. The summed E-state index contributed by atoms with van der Waals surface area (Å²) in [7, 11) is 0. The van der Waals surface area contributed by atoms with Gasteiger partial charge in [0.25, 0.3) is 5.91 Å². The Morgan fingerprint density at radius 3 is 3.00 bits per heavy atom. The van der Waals surface area contributed by atoms with Crippen molar-refractivity contribution in [3.63, 3.8) is 0 Å². The van der Waals surface area contributed by atoms with Crippen molar-refractivity contribution in [1.29, 1.82) is 0 Å². The molecule has 1 aliphatic carbocycles. The van der Waals surface area contributed by atoms with E-state index in [9.17, 15) is 4.79 Å². The highest BCUT2D eigenvalue weighted by Crippen LogP contribution is 2.35. The van der Waals surface area contributed by atoms with Crippen LogP contribution in [0.25, 0.3) is 0 Å². The fraction of sp³-hybridized carbons (Fsp3) is 0.421. The number of fused-ring (bicyclic) bond motifs is 1. The Labute approximate surface area is 151 Å². The van der Waals surface area contributed by atoms with Crippen LogP contribution in [-0.4, -0.2) is 34.2 Å². The Bertz CT molecular complexity index is 757. The fourth-order valence-electron chi connectivity index (χ4n) is 3.85. The molecule has 0 saturated heterocycles. The van der Waals surface area contributed by atoms with Gasteiger partial charge < -0.3 is 10.2 Å². The smallest absolute Gasteiger partial charge is 0.273 e. The van der Waals surface area contributed by atoms with E-state index in [0.29, 0.717) is 18.3 Å².